The zero-order valence-electron chi connectivity index (χ0n) is 16.1. The number of amides is 3. The molecule has 1 N–H and O–H groups in total. The third kappa shape index (κ3) is 6.58. The smallest absolute Gasteiger partial charge is 0.409 e. The molecule has 2 rings (SSSR count). The number of hydrogen-bond donors (Lipinski definition) is 1. The van der Waals surface area contributed by atoms with Crippen molar-refractivity contribution in [2.45, 2.75) is 45.1 Å². The predicted molar refractivity (Wildman–Crippen MR) is 103 cm³/mol. The Morgan fingerprint density at radius 2 is 1.81 bits per heavy atom. The molecule has 1 saturated heterocycles. The van der Waals surface area contributed by atoms with E-state index in [2.05, 4.69) is 5.32 Å². The standard InChI is InChI=1S/C20H29N3O4/c1-3-27-20(26)23-14-12-16(13-15-23)21-18(24)10-7-11-19(25)22(2)17-8-5-4-6-9-17/h4-6,8-9,16H,3,7,10-15H2,1-2H3,(H,21,24). The Morgan fingerprint density at radius 1 is 1.15 bits per heavy atom. The van der Waals surface area contributed by atoms with E-state index in [0.717, 1.165) is 18.5 Å². The molecule has 1 aliphatic heterocycles. The Bertz CT molecular complexity index is 627. The summed E-state index contributed by atoms with van der Waals surface area (Å²) in [6, 6.07) is 9.52. The van der Waals surface area contributed by atoms with Crippen LogP contribution < -0.4 is 10.2 Å². The summed E-state index contributed by atoms with van der Waals surface area (Å²) in [5.41, 5.74) is 0.848. The minimum absolute atomic E-state index is 0.00301. The van der Waals surface area contributed by atoms with Gasteiger partial charge in [0, 0.05) is 44.7 Å². The van der Waals surface area contributed by atoms with Crippen molar-refractivity contribution in [2.24, 2.45) is 0 Å². The molecule has 27 heavy (non-hydrogen) atoms. The van der Waals surface area contributed by atoms with Gasteiger partial charge in [0.05, 0.1) is 6.61 Å². The fraction of sp³-hybridized carbons (Fsp3) is 0.550. The van der Waals surface area contributed by atoms with Crippen LogP contribution in [0.2, 0.25) is 0 Å². The number of hydrogen-bond acceptors (Lipinski definition) is 4. The number of likely N-dealkylation sites (tertiary alicyclic amines) is 1. The number of piperidine rings is 1. The van der Waals surface area contributed by atoms with Gasteiger partial charge in [0.25, 0.3) is 0 Å². The van der Waals surface area contributed by atoms with Crippen LogP contribution in [0.4, 0.5) is 10.5 Å². The molecule has 1 heterocycles. The van der Waals surface area contributed by atoms with Crippen LogP contribution in [0.1, 0.15) is 39.0 Å². The Kier molecular flexibility index (Phi) is 8.10. The summed E-state index contributed by atoms with van der Waals surface area (Å²) in [4.78, 5) is 39.3. The number of benzene rings is 1. The van der Waals surface area contributed by atoms with E-state index in [0.29, 0.717) is 39.0 Å². The number of rotatable bonds is 7. The second-order valence-electron chi connectivity index (χ2n) is 6.67. The number of anilines is 1. The van der Waals surface area contributed by atoms with Crippen LogP contribution in [-0.2, 0) is 14.3 Å². The Labute approximate surface area is 160 Å². The molecule has 1 aromatic carbocycles. The molecule has 0 atom stereocenters. The van der Waals surface area contributed by atoms with Crippen molar-refractivity contribution < 1.29 is 19.1 Å². The lowest BCUT2D eigenvalue weighted by molar-refractivity contribution is -0.122. The lowest BCUT2D eigenvalue weighted by Gasteiger charge is -2.31. The first-order valence-electron chi connectivity index (χ1n) is 9.54. The van der Waals surface area contributed by atoms with Gasteiger partial charge in [-0.05, 0) is 38.3 Å². The van der Waals surface area contributed by atoms with Crippen molar-refractivity contribution in [3.05, 3.63) is 30.3 Å². The fourth-order valence-corrected chi connectivity index (χ4v) is 3.08. The van der Waals surface area contributed by atoms with Gasteiger partial charge < -0.3 is 19.9 Å². The number of carbonyl (C=O) groups excluding carboxylic acids is 3. The second-order valence-corrected chi connectivity index (χ2v) is 6.67. The summed E-state index contributed by atoms with van der Waals surface area (Å²) in [6.45, 7) is 3.33. The van der Waals surface area contributed by atoms with Crippen molar-refractivity contribution >= 4 is 23.6 Å². The molecule has 0 spiro atoms. The molecule has 148 valence electrons. The van der Waals surface area contributed by atoms with Crippen molar-refractivity contribution in [3.8, 4) is 0 Å². The van der Waals surface area contributed by atoms with Crippen molar-refractivity contribution in [2.75, 3.05) is 31.6 Å². The zero-order valence-corrected chi connectivity index (χ0v) is 16.1. The van der Waals surface area contributed by atoms with Crippen LogP contribution >= 0.6 is 0 Å². The highest BCUT2D eigenvalue weighted by atomic mass is 16.6. The molecule has 0 aromatic heterocycles. The molecular formula is C20H29N3O4. The van der Waals surface area contributed by atoms with Gasteiger partial charge in [-0.2, -0.15) is 0 Å². The highest BCUT2D eigenvalue weighted by Crippen LogP contribution is 2.14. The summed E-state index contributed by atoms with van der Waals surface area (Å²) in [5.74, 6) is -0.0449. The largest absolute Gasteiger partial charge is 0.450 e. The molecule has 0 bridgehead atoms. The molecule has 0 unspecified atom stereocenters. The highest BCUT2D eigenvalue weighted by molar-refractivity contribution is 5.93. The van der Waals surface area contributed by atoms with Gasteiger partial charge in [-0.3, -0.25) is 9.59 Å². The molecule has 1 aliphatic rings. The number of nitrogens with zero attached hydrogens (tertiary/aromatic N) is 2. The number of ether oxygens (including phenoxy) is 1. The summed E-state index contributed by atoms with van der Waals surface area (Å²) < 4.78 is 4.99. The van der Waals surface area contributed by atoms with Gasteiger partial charge in [0.2, 0.25) is 11.8 Å². The highest BCUT2D eigenvalue weighted by Gasteiger charge is 2.24. The van der Waals surface area contributed by atoms with Gasteiger partial charge >= 0.3 is 6.09 Å². The van der Waals surface area contributed by atoms with Gasteiger partial charge in [0.15, 0.2) is 0 Å². The summed E-state index contributed by atoms with van der Waals surface area (Å²) in [5, 5.41) is 3.00. The van der Waals surface area contributed by atoms with Crippen molar-refractivity contribution in [1.82, 2.24) is 10.2 Å². The minimum atomic E-state index is -0.289. The first-order valence-corrected chi connectivity index (χ1v) is 9.54. The van der Waals surface area contributed by atoms with Crippen LogP contribution in [-0.4, -0.2) is 55.6 Å². The quantitative estimate of drug-likeness (QED) is 0.794. The third-order valence-electron chi connectivity index (χ3n) is 4.70. The van der Waals surface area contributed by atoms with Gasteiger partial charge in [-0.1, -0.05) is 18.2 Å². The third-order valence-corrected chi connectivity index (χ3v) is 4.70. The topological polar surface area (TPSA) is 79.0 Å². The molecule has 0 aliphatic carbocycles. The van der Waals surface area contributed by atoms with E-state index in [4.69, 9.17) is 4.74 Å². The van der Waals surface area contributed by atoms with E-state index in [1.54, 1.807) is 23.8 Å². The van der Waals surface area contributed by atoms with Gasteiger partial charge in [-0.25, -0.2) is 4.79 Å². The minimum Gasteiger partial charge on any atom is -0.450 e. The molecule has 7 heteroatoms. The van der Waals surface area contributed by atoms with Crippen LogP contribution in [0.15, 0.2) is 30.3 Å². The summed E-state index contributed by atoms with van der Waals surface area (Å²) in [7, 11) is 1.75. The van der Waals surface area contributed by atoms with E-state index in [1.807, 2.05) is 30.3 Å². The van der Waals surface area contributed by atoms with E-state index in [9.17, 15) is 14.4 Å². The molecular weight excluding hydrogens is 346 g/mol. The monoisotopic (exact) mass is 375 g/mol. The number of para-hydroxylation sites is 1. The summed E-state index contributed by atoms with van der Waals surface area (Å²) in [6.07, 6.45) is 2.33. The molecule has 0 radical (unpaired) electrons. The van der Waals surface area contributed by atoms with Gasteiger partial charge in [0.1, 0.15) is 0 Å². The van der Waals surface area contributed by atoms with Gasteiger partial charge in [-0.15, -0.1) is 0 Å². The van der Waals surface area contributed by atoms with Crippen molar-refractivity contribution in [1.29, 1.82) is 0 Å². The lowest BCUT2D eigenvalue weighted by Crippen LogP contribution is -2.46. The van der Waals surface area contributed by atoms with Crippen LogP contribution in [0.3, 0.4) is 0 Å². The SMILES string of the molecule is CCOC(=O)N1CCC(NC(=O)CCCC(=O)N(C)c2ccccc2)CC1. The normalized spacial score (nSPS) is 14.5. The van der Waals surface area contributed by atoms with Crippen LogP contribution in [0.5, 0.6) is 0 Å². The molecule has 7 nitrogen and oxygen atoms in total. The Morgan fingerprint density at radius 3 is 2.44 bits per heavy atom. The van der Waals surface area contributed by atoms with Crippen LogP contribution in [0.25, 0.3) is 0 Å². The van der Waals surface area contributed by atoms with E-state index < -0.39 is 0 Å². The first-order chi connectivity index (χ1) is 13.0. The maximum Gasteiger partial charge on any atom is 0.409 e. The second kappa shape index (κ2) is 10.5. The van der Waals surface area contributed by atoms with Crippen LogP contribution in [0, 0.1) is 0 Å². The first kappa shape index (κ1) is 20.7. The average molecular weight is 375 g/mol. The Hall–Kier alpha value is -2.57. The van der Waals surface area contributed by atoms with E-state index in [1.165, 1.54) is 0 Å². The fourth-order valence-electron chi connectivity index (χ4n) is 3.08. The lowest BCUT2D eigenvalue weighted by atomic mass is 10.0. The van der Waals surface area contributed by atoms with E-state index >= 15 is 0 Å². The van der Waals surface area contributed by atoms with Crippen molar-refractivity contribution in [3.63, 3.8) is 0 Å². The maximum atomic E-state index is 12.2. The Balaban J connectivity index is 1.64. The zero-order chi connectivity index (χ0) is 19.6. The number of carbonyl (C=O) groups is 3. The number of nitrogens with one attached hydrogen (secondary N) is 1. The molecule has 1 fully saturated rings. The maximum absolute atomic E-state index is 12.2. The summed E-state index contributed by atoms with van der Waals surface area (Å²) >= 11 is 0. The van der Waals surface area contributed by atoms with E-state index in [-0.39, 0.29) is 23.9 Å². The molecule has 3 amide bonds. The average Bonchev–Trinajstić information content (AvgIpc) is 2.68. The molecule has 1 aromatic rings. The molecule has 0 saturated carbocycles. The predicted octanol–water partition coefficient (Wildman–Crippen LogP) is 2.56.